The SMILES string of the molecule is O=[N+]([O-])O.c1ccc(P(c2ccccc2)c2ccccc2)cc1.c1ccc(P(c2ccccc2)c2ccccc2)cc1. The first-order chi connectivity index (χ1) is 20.6. The maximum atomic E-state index is 8.36. The average molecular weight is 588 g/mol. The van der Waals surface area contributed by atoms with Crippen molar-refractivity contribution in [2.24, 2.45) is 0 Å². The molecule has 0 unspecified atom stereocenters. The molecular weight excluding hydrogens is 556 g/mol. The van der Waals surface area contributed by atoms with E-state index in [1.54, 1.807) is 0 Å². The lowest BCUT2D eigenvalue weighted by Gasteiger charge is -2.18. The van der Waals surface area contributed by atoms with Crippen LogP contribution >= 0.6 is 15.8 Å². The van der Waals surface area contributed by atoms with E-state index < -0.39 is 20.9 Å². The fourth-order valence-corrected chi connectivity index (χ4v) is 8.97. The average Bonchev–Trinajstić information content (AvgIpc) is 3.05. The molecule has 0 amide bonds. The molecular formula is C36H31NO3P2. The van der Waals surface area contributed by atoms with Gasteiger partial charge in [-0.3, -0.25) is 0 Å². The quantitative estimate of drug-likeness (QED) is 0.137. The molecule has 0 heterocycles. The van der Waals surface area contributed by atoms with Gasteiger partial charge in [0.05, 0.1) is 0 Å². The van der Waals surface area contributed by atoms with Crippen LogP contribution in [0, 0.1) is 10.1 Å². The first-order valence-corrected chi connectivity index (χ1v) is 16.1. The van der Waals surface area contributed by atoms with E-state index >= 15 is 0 Å². The standard InChI is InChI=1S/2C18H15P.HNO3/c2*1-4-10-16(11-5-1)19(17-12-6-2-7-13-17)18-14-8-3-9-15-18;2-1(3)4/h2*1-15H;(H,2,3,4). The molecule has 1 N–H and O–H groups in total. The van der Waals surface area contributed by atoms with E-state index in [0.29, 0.717) is 0 Å². The molecule has 0 saturated heterocycles. The molecule has 0 aromatic heterocycles. The van der Waals surface area contributed by atoms with Crippen molar-refractivity contribution in [3.63, 3.8) is 0 Å². The van der Waals surface area contributed by atoms with Crippen molar-refractivity contribution in [2.75, 3.05) is 0 Å². The van der Waals surface area contributed by atoms with Crippen LogP contribution < -0.4 is 31.8 Å². The number of rotatable bonds is 6. The topological polar surface area (TPSA) is 63.4 Å². The predicted molar refractivity (Wildman–Crippen MR) is 179 cm³/mol. The van der Waals surface area contributed by atoms with Crippen LogP contribution in [0.4, 0.5) is 0 Å². The Morgan fingerprint density at radius 3 is 0.595 bits per heavy atom. The number of hydrogen-bond acceptors (Lipinski definition) is 2. The second kappa shape index (κ2) is 16.6. The van der Waals surface area contributed by atoms with Crippen LogP contribution in [0.3, 0.4) is 0 Å². The molecule has 0 saturated carbocycles. The summed E-state index contributed by atoms with van der Waals surface area (Å²) in [6.45, 7) is 0. The summed E-state index contributed by atoms with van der Waals surface area (Å²) in [7, 11) is -0.892. The zero-order valence-corrected chi connectivity index (χ0v) is 24.7. The predicted octanol–water partition coefficient (Wildman–Crippen LogP) is 6.54. The Bertz CT molecular complexity index is 1280. The van der Waals surface area contributed by atoms with Gasteiger partial charge in [-0.1, -0.05) is 182 Å². The highest BCUT2D eigenvalue weighted by atomic mass is 31.1. The van der Waals surface area contributed by atoms with Crippen LogP contribution in [0.25, 0.3) is 0 Å². The first-order valence-electron chi connectivity index (χ1n) is 13.4. The van der Waals surface area contributed by atoms with Crippen molar-refractivity contribution in [3.8, 4) is 0 Å². The van der Waals surface area contributed by atoms with Gasteiger partial charge in [-0.05, 0) is 47.7 Å². The Balaban J connectivity index is 0.000000171. The highest BCUT2D eigenvalue weighted by Crippen LogP contribution is 2.33. The monoisotopic (exact) mass is 587 g/mol. The first kappa shape index (κ1) is 30.3. The fourth-order valence-electron chi connectivity index (χ4n) is 4.36. The molecule has 0 atom stereocenters. The lowest BCUT2D eigenvalue weighted by atomic mass is 10.4. The minimum atomic E-state index is -1.50. The van der Waals surface area contributed by atoms with Crippen LogP contribution in [0.2, 0.25) is 0 Å². The fraction of sp³-hybridized carbons (Fsp3) is 0. The number of hydrogen-bond donors (Lipinski definition) is 1. The Morgan fingerprint density at radius 2 is 0.476 bits per heavy atom. The summed E-state index contributed by atoms with van der Waals surface area (Å²) in [6.07, 6.45) is 0. The van der Waals surface area contributed by atoms with Crippen molar-refractivity contribution in [1.82, 2.24) is 0 Å². The van der Waals surface area contributed by atoms with Crippen molar-refractivity contribution < 1.29 is 10.3 Å². The summed E-state index contributed by atoms with van der Waals surface area (Å²) in [4.78, 5) is 8.36. The van der Waals surface area contributed by atoms with Crippen LogP contribution in [0.1, 0.15) is 0 Å². The lowest BCUT2D eigenvalue weighted by Crippen LogP contribution is -2.20. The summed E-state index contributed by atoms with van der Waals surface area (Å²) < 4.78 is 0. The lowest BCUT2D eigenvalue weighted by molar-refractivity contribution is -0.742. The van der Waals surface area contributed by atoms with Gasteiger partial charge in [0.2, 0.25) is 0 Å². The highest BCUT2D eigenvalue weighted by molar-refractivity contribution is 7.80. The Labute approximate surface area is 249 Å². The van der Waals surface area contributed by atoms with E-state index in [1.165, 1.54) is 31.8 Å². The molecule has 0 bridgehead atoms. The molecule has 42 heavy (non-hydrogen) atoms. The molecule has 4 nitrogen and oxygen atoms in total. The molecule has 6 aromatic rings. The second-order valence-electron chi connectivity index (χ2n) is 8.92. The zero-order chi connectivity index (χ0) is 29.4. The van der Waals surface area contributed by atoms with Gasteiger partial charge in [0, 0.05) is 0 Å². The molecule has 0 aliphatic rings. The van der Waals surface area contributed by atoms with Crippen molar-refractivity contribution in [3.05, 3.63) is 192 Å². The summed E-state index contributed by atoms with van der Waals surface area (Å²) in [6, 6.07) is 64.7. The van der Waals surface area contributed by atoms with Gasteiger partial charge in [0.1, 0.15) is 0 Å². The van der Waals surface area contributed by atoms with Gasteiger partial charge in [-0.2, -0.15) is 0 Å². The van der Waals surface area contributed by atoms with E-state index in [2.05, 4.69) is 182 Å². The number of nitrogens with zero attached hydrogens (tertiary/aromatic N) is 1. The molecule has 0 spiro atoms. The maximum Gasteiger partial charge on any atom is 0.291 e. The molecule has 0 fully saturated rings. The molecule has 0 aliphatic heterocycles. The molecule has 208 valence electrons. The van der Waals surface area contributed by atoms with Gasteiger partial charge in [0.25, 0.3) is 5.09 Å². The van der Waals surface area contributed by atoms with Crippen LogP contribution in [-0.4, -0.2) is 10.3 Å². The molecule has 6 aromatic carbocycles. The van der Waals surface area contributed by atoms with Crippen molar-refractivity contribution in [2.45, 2.75) is 0 Å². The van der Waals surface area contributed by atoms with Gasteiger partial charge in [-0.25, -0.2) is 0 Å². The summed E-state index contributed by atoms with van der Waals surface area (Å²) >= 11 is 0. The molecule has 0 radical (unpaired) electrons. The smallest absolute Gasteiger partial charge is 0.291 e. The third-order valence-electron chi connectivity index (χ3n) is 6.09. The third kappa shape index (κ3) is 9.21. The third-order valence-corrected chi connectivity index (χ3v) is 11.0. The zero-order valence-electron chi connectivity index (χ0n) is 22.9. The van der Waals surface area contributed by atoms with Gasteiger partial charge < -0.3 is 5.21 Å². The summed E-state index contributed by atoms with van der Waals surface area (Å²) in [5.74, 6) is 0. The van der Waals surface area contributed by atoms with Crippen LogP contribution in [0.15, 0.2) is 182 Å². The summed E-state index contributed by atoms with van der Waals surface area (Å²) in [5.41, 5.74) is 0. The maximum absolute atomic E-state index is 8.36. The molecule has 6 heteroatoms. The molecule has 0 aliphatic carbocycles. The largest absolute Gasteiger partial charge is 0.328 e. The number of benzene rings is 6. The Hall–Kier alpha value is -4.62. The minimum Gasteiger partial charge on any atom is -0.328 e. The van der Waals surface area contributed by atoms with Crippen LogP contribution in [-0.2, 0) is 0 Å². The van der Waals surface area contributed by atoms with Gasteiger partial charge in [0.15, 0.2) is 0 Å². The Morgan fingerprint density at radius 1 is 0.357 bits per heavy atom. The van der Waals surface area contributed by atoms with Crippen LogP contribution in [0.5, 0.6) is 0 Å². The minimum absolute atomic E-state index is 0.446. The van der Waals surface area contributed by atoms with E-state index in [4.69, 9.17) is 15.3 Å². The highest BCUT2D eigenvalue weighted by Gasteiger charge is 2.16. The van der Waals surface area contributed by atoms with E-state index in [-0.39, 0.29) is 0 Å². The normalized spacial score (nSPS) is 10.1. The second-order valence-corrected chi connectivity index (χ2v) is 13.4. The van der Waals surface area contributed by atoms with E-state index in [9.17, 15) is 0 Å². The van der Waals surface area contributed by atoms with Gasteiger partial charge >= 0.3 is 0 Å². The Kier molecular flexibility index (Phi) is 12.0. The van der Waals surface area contributed by atoms with Crippen molar-refractivity contribution in [1.29, 1.82) is 0 Å². The van der Waals surface area contributed by atoms with Crippen molar-refractivity contribution >= 4 is 47.7 Å². The van der Waals surface area contributed by atoms with Gasteiger partial charge in [-0.15, -0.1) is 10.1 Å². The summed E-state index contributed by atoms with van der Waals surface area (Å²) in [5, 5.41) is 22.0. The molecule has 6 rings (SSSR count). The van der Waals surface area contributed by atoms with E-state index in [1.807, 2.05) is 0 Å². The van der Waals surface area contributed by atoms with E-state index in [0.717, 1.165) is 0 Å².